The Morgan fingerprint density at radius 3 is 2.45 bits per heavy atom. The summed E-state index contributed by atoms with van der Waals surface area (Å²) in [5, 5.41) is 14.0. The second kappa shape index (κ2) is 10.4. The fraction of sp³-hybridized carbons (Fsp3) is 0.560. The van der Waals surface area contributed by atoms with Crippen LogP contribution in [0.25, 0.3) is 22.3 Å². The van der Waals surface area contributed by atoms with Gasteiger partial charge >= 0.3 is 6.18 Å². The van der Waals surface area contributed by atoms with Crippen LogP contribution in [0.4, 0.5) is 27.9 Å². The van der Waals surface area contributed by atoms with E-state index in [0.29, 0.717) is 12.5 Å². The third-order valence-electron chi connectivity index (χ3n) is 7.81. The maximum atomic E-state index is 14.8. The minimum Gasteiger partial charge on any atom is -0.503 e. The quantitative estimate of drug-likeness (QED) is 0.439. The lowest BCUT2D eigenvalue weighted by atomic mass is 9.84. The highest BCUT2D eigenvalue weighted by Gasteiger charge is 2.39. The largest absolute Gasteiger partial charge is 0.503 e. The van der Waals surface area contributed by atoms with Crippen LogP contribution in [0.2, 0.25) is 0 Å². The van der Waals surface area contributed by atoms with Crippen molar-refractivity contribution in [3.8, 4) is 17.0 Å². The Bertz CT molecular complexity index is 1540. The number of sulfonamides is 1. The summed E-state index contributed by atoms with van der Waals surface area (Å²) in [6.07, 6.45) is 3.60. The van der Waals surface area contributed by atoms with Crippen LogP contribution in [0.15, 0.2) is 12.3 Å². The van der Waals surface area contributed by atoms with Gasteiger partial charge in [-0.15, -0.1) is 0 Å². The maximum Gasteiger partial charge on any atom is 0.419 e. The topological polar surface area (TPSA) is 104 Å². The van der Waals surface area contributed by atoms with Crippen molar-refractivity contribution in [2.75, 3.05) is 30.8 Å². The highest BCUT2D eigenvalue weighted by atomic mass is 32.2. The van der Waals surface area contributed by atoms with E-state index in [1.54, 1.807) is 0 Å². The molecule has 1 saturated heterocycles. The van der Waals surface area contributed by atoms with Gasteiger partial charge in [0.05, 0.1) is 17.2 Å². The van der Waals surface area contributed by atoms with E-state index in [2.05, 4.69) is 15.1 Å². The van der Waals surface area contributed by atoms with Gasteiger partial charge in [0.15, 0.2) is 23.0 Å². The van der Waals surface area contributed by atoms with Crippen molar-refractivity contribution >= 4 is 27.0 Å². The normalized spacial score (nSPS) is 20.0. The molecule has 1 N–H and O–H groups in total. The second-order valence-corrected chi connectivity index (χ2v) is 12.5. The number of alkyl halides is 3. The number of aromatic hydroxyl groups is 1. The third kappa shape index (κ3) is 5.32. The zero-order valence-electron chi connectivity index (χ0n) is 21.9. The van der Waals surface area contributed by atoms with E-state index < -0.39 is 44.7 Å². The second-order valence-electron chi connectivity index (χ2n) is 10.5. The van der Waals surface area contributed by atoms with Crippen LogP contribution < -0.4 is 4.90 Å². The Labute approximate surface area is 227 Å². The first-order chi connectivity index (χ1) is 18.8. The van der Waals surface area contributed by atoms with E-state index in [4.69, 9.17) is 0 Å². The summed E-state index contributed by atoms with van der Waals surface area (Å²) in [6.45, 7) is 0.835. The molecule has 1 aliphatic carbocycles. The Morgan fingerprint density at radius 2 is 1.80 bits per heavy atom. The number of phenols is 1. The number of piperazine rings is 1. The molecule has 218 valence electrons. The van der Waals surface area contributed by atoms with Crippen molar-refractivity contribution in [3.63, 3.8) is 0 Å². The summed E-state index contributed by atoms with van der Waals surface area (Å²) >= 11 is 0. The molecule has 2 fully saturated rings. The molecule has 0 spiro atoms. The molecule has 1 aromatic carbocycles. The van der Waals surface area contributed by atoms with E-state index >= 15 is 0 Å². The number of anilines is 1. The fourth-order valence-electron chi connectivity index (χ4n) is 5.77. The number of halogens is 5. The minimum absolute atomic E-state index is 0.0999. The van der Waals surface area contributed by atoms with Gasteiger partial charge in [-0.3, -0.25) is 0 Å². The zero-order valence-corrected chi connectivity index (χ0v) is 22.7. The Balaban J connectivity index is 1.54. The third-order valence-corrected chi connectivity index (χ3v) is 9.08. The van der Waals surface area contributed by atoms with Crippen LogP contribution in [0, 0.1) is 17.6 Å². The summed E-state index contributed by atoms with van der Waals surface area (Å²) in [6, 6.07) is 0.0718. The lowest BCUT2D eigenvalue weighted by Gasteiger charge is -2.42. The molecular formula is C25H29F5N6O3S. The van der Waals surface area contributed by atoms with Gasteiger partial charge in [0.2, 0.25) is 16.0 Å². The Kier molecular flexibility index (Phi) is 7.40. The van der Waals surface area contributed by atoms with Gasteiger partial charge in [-0.2, -0.15) is 27.6 Å². The molecule has 3 aromatic rings. The number of nitrogens with zero attached hydrogens (tertiary/aromatic N) is 6. The lowest BCUT2D eigenvalue weighted by Crippen LogP contribution is -2.55. The van der Waals surface area contributed by atoms with Gasteiger partial charge in [-0.1, -0.05) is 32.1 Å². The molecule has 0 unspecified atom stereocenters. The number of hydrogen-bond acceptors (Lipinski definition) is 7. The van der Waals surface area contributed by atoms with E-state index in [1.165, 1.54) is 34.9 Å². The summed E-state index contributed by atoms with van der Waals surface area (Å²) in [4.78, 5) is 10.9. The summed E-state index contributed by atoms with van der Waals surface area (Å²) < 4.78 is 96.3. The lowest BCUT2D eigenvalue weighted by molar-refractivity contribution is -0.140. The molecular weight excluding hydrogens is 559 g/mol. The van der Waals surface area contributed by atoms with Crippen LogP contribution in [-0.4, -0.2) is 69.5 Å². The number of fused-ring (bicyclic) bond motifs is 1. The van der Waals surface area contributed by atoms with Crippen LogP contribution in [0.1, 0.15) is 44.1 Å². The first-order valence-electron chi connectivity index (χ1n) is 13.0. The molecule has 0 radical (unpaired) electrons. The van der Waals surface area contributed by atoms with Crippen molar-refractivity contribution in [2.45, 2.75) is 50.7 Å². The Morgan fingerprint density at radius 1 is 1.10 bits per heavy atom. The molecule has 3 heterocycles. The number of aromatic nitrogens is 4. The molecule has 1 saturated carbocycles. The standard InChI is InChI=1S/C25H29F5N6O3S/c1-34-23-17(21(33-34)16-11-18(25(28,29)30)20(27)22(37)19(16)26)12-31-24(32-23)36-9-8-35(40(2,38)39)13-15(36)10-14-6-4-3-5-7-14/h11-12,14-15,37H,3-10,13H2,1-2H3/t15-/m0/s1. The highest BCUT2D eigenvalue weighted by molar-refractivity contribution is 7.88. The Hall–Kier alpha value is -3.07. The van der Waals surface area contributed by atoms with Gasteiger partial charge in [0.1, 0.15) is 5.69 Å². The van der Waals surface area contributed by atoms with Crippen LogP contribution in [-0.2, 0) is 23.2 Å². The predicted molar refractivity (Wildman–Crippen MR) is 137 cm³/mol. The van der Waals surface area contributed by atoms with Crippen molar-refractivity contribution in [2.24, 2.45) is 13.0 Å². The van der Waals surface area contributed by atoms with Crippen LogP contribution in [0.5, 0.6) is 5.75 Å². The fourth-order valence-corrected chi connectivity index (χ4v) is 6.62. The summed E-state index contributed by atoms with van der Waals surface area (Å²) in [5.41, 5.74) is -2.68. The summed E-state index contributed by atoms with van der Waals surface area (Å²) in [7, 11) is -1.94. The average molecular weight is 589 g/mol. The molecule has 15 heteroatoms. The van der Waals surface area contributed by atoms with E-state index in [0.717, 1.165) is 32.1 Å². The van der Waals surface area contributed by atoms with Crippen LogP contribution in [0.3, 0.4) is 0 Å². The smallest absolute Gasteiger partial charge is 0.419 e. The van der Waals surface area contributed by atoms with Crippen molar-refractivity contribution in [3.05, 3.63) is 29.5 Å². The molecule has 40 heavy (non-hydrogen) atoms. The van der Waals surface area contributed by atoms with E-state index in [1.807, 2.05) is 4.90 Å². The van der Waals surface area contributed by atoms with Crippen molar-refractivity contribution in [1.82, 2.24) is 24.1 Å². The molecule has 0 amide bonds. The maximum absolute atomic E-state index is 14.8. The molecule has 5 rings (SSSR count). The molecule has 0 bridgehead atoms. The number of rotatable bonds is 5. The number of aryl methyl sites for hydroxylation is 1. The van der Waals surface area contributed by atoms with Gasteiger partial charge < -0.3 is 10.0 Å². The predicted octanol–water partition coefficient (Wildman–Crippen LogP) is 4.45. The van der Waals surface area contributed by atoms with E-state index in [9.17, 15) is 35.5 Å². The molecule has 2 aromatic heterocycles. The monoisotopic (exact) mass is 588 g/mol. The first kappa shape index (κ1) is 28.5. The number of benzene rings is 1. The summed E-state index contributed by atoms with van der Waals surface area (Å²) in [5.74, 6) is -4.72. The first-order valence-corrected chi connectivity index (χ1v) is 14.8. The van der Waals surface area contributed by atoms with E-state index in [-0.39, 0.29) is 47.9 Å². The number of hydrogen-bond donors (Lipinski definition) is 1. The zero-order chi connectivity index (χ0) is 29.0. The van der Waals surface area contributed by atoms with Gasteiger partial charge in [0, 0.05) is 44.5 Å². The highest BCUT2D eigenvalue weighted by Crippen LogP contribution is 2.41. The molecule has 9 nitrogen and oxygen atoms in total. The van der Waals surface area contributed by atoms with Gasteiger partial charge in [-0.25, -0.2) is 26.9 Å². The van der Waals surface area contributed by atoms with Crippen molar-refractivity contribution in [1.29, 1.82) is 0 Å². The van der Waals surface area contributed by atoms with Crippen molar-refractivity contribution < 1.29 is 35.5 Å². The molecule has 2 aliphatic rings. The average Bonchev–Trinajstić information content (AvgIpc) is 3.22. The SMILES string of the molecule is Cn1nc(-c2cc(C(F)(F)F)c(F)c(O)c2F)c2cnc(N3CCN(S(C)(=O)=O)C[C@@H]3CC3CCCCC3)nc21. The molecule has 1 atom stereocenters. The van der Waals surface area contributed by atoms with Gasteiger partial charge in [0.25, 0.3) is 0 Å². The minimum atomic E-state index is -5.18. The number of phenolic OH excluding ortho intramolecular Hbond substituents is 1. The molecule has 1 aliphatic heterocycles. The van der Waals surface area contributed by atoms with Crippen LogP contribution >= 0.6 is 0 Å². The van der Waals surface area contributed by atoms with Gasteiger partial charge in [-0.05, 0) is 18.4 Å².